The molecule has 2 atom stereocenters. The molecule has 0 spiro atoms. The number of H-pyrrole nitrogens is 1. The number of rotatable bonds is 7. The van der Waals surface area contributed by atoms with Gasteiger partial charge in [0.2, 0.25) is 5.75 Å². The van der Waals surface area contributed by atoms with Crippen molar-refractivity contribution in [3.63, 3.8) is 0 Å². The number of hydrogen-bond donors (Lipinski definition) is 1. The summed E-state index contributed by atoms with van der Waals surface area (Å²) in [5, 5.41) is 0. The van der Waals surface area contributed by atoms with Gasteiger partial charge in [-0.1, -0.05) is 0 Å². The van der Waals surface area contributed by atoms with Gasteiger partial charge >= 0.3 is 5.97 Å². The Morgan fingerprint density at radius 1 is 1.12 bits per heavy atom. The van der Waals surface area contributed by atoms with E-state index in [9.17, 15) is 9.59 Å². The number of fused-ring (bicyclic) bond motifs is 1. The van der Waals surface area contributed by atoms with Crippen LogP contribution in [0.25, 0.3) is 0 Å². The number of methoxy groups -OCH3 is 3. The molecule has 1 fully saturated rings. The standard InChI is InChI=1S/C24H29NO7/c1-13-21-17(25-22(13)24(27)32-12-16-6-5-7-31-16)8-14(9-18(21)26)15-10-19(28-2)23(30-4)20(11-15)29-3/h10-11,14,16,25H,5-9,12H2,1-4H3/t14-,16-/m0/s1. The third-order valence-electron chi connectivity index (χ3n) is 6.28. The van der Waals surface area contributed by atoms with Crippen molar-refractivity contribution >= 4 is 11.8 Å². The number of ether oxygens (including phenoxy) is 5. The number of Topliss-reactive ketones (excluding diaryl/α,β-unsaturated/α-hetero) is 1. The van der Waals surface area contributed by atoms with Crippen molar-refractivity contribution in [2.75, 3.05) is 34.5 Å². The van der Waals surface area contributed by atoms with E-state index in [0.29, 0.717) is 53.5 Å². The molecule has 0 radical (unpaired) electrons. The number of hydrogen-bond acceptors (Lipinski definition) is 7. The van der Waals surface area contributed by atoms with Crippen molar-refractivity contribution in [2.24, 2.45) is 0 Å². The minimum Gasteiger partial charge on any atom is -0.493 e. The highest BCUT2D eigenvalue weighted by Crippen LogP contribution is 2.43. The molecule has 1 aliphatic carbocycles. The van der Waals surface area contributed by atoms with Gasteiger partial charge in [-0.2, -0.15) is 0 Å². The Morgan fingerprint density at radius 3 is 2.44 bits per heavy atom. The lowest BCUT2D eigenvalue weighted by molar-refractivity contribution is 0.0156. The first-order valence-electron chi connectivity index (χ1n) is 10.8. The zero-order chi connectivity index (χ0) is 22.8. The highest BCUT2D eigenvalue weighted by molar-refractivity contribution is 6.03. The molecule has 1 aliphatic heterocycles. The third kappa shape index (κ3) is 4.07. The van der Waals surface area contributed by atoms with Gasteiger partial charge in [0.1, 0.15) is 12.3 Å². The molecule has 8 nitrogen and oxygen atoms in total. The fourth-order valence-corrected chi connectivity index (χ4v) is 4.63. The Kier molecular flexibility index (Phi) is 6.41. The van der Waals surface area contributed by atoms with Crippen LogP contribution in [0.5, 0.6) is 17.2 Å². The summed E-state index contributed by atoms with van der Waals surface area (Å²) in [6.45, 7) is 2.72. The molecule has 1 saturated heterocycles. The lowest BCUT2D eigenvalue weighted by Crippen LogP contribution is -2.19. The van der Waals surface area contributed by atoms with E-state index in [4.69, 9.17) is 23.7 Å². The third-order valence-corrected chi connectivity index (χ3v) is 6.28. The summed E-state index contributed by atoms with van der Waals surface area (Å²) in [4.78, 5) is 28.9. The molecule has 0 unspecified atom stereocenters. The first kappa shape index (κ1) is 22.2. The summed E-state index contributed by atoms with van der Waals surface area (Å²) in [5.74, 6) is 1.05. The molecule has 2 aromatic rings. The number of carbonyl (C=O) groups excluding carboxylic acids is 2. The van der Waals surface area contributed by atoms with Crippen LogP contribution in [-0.2, 0) is 15.9 Å². The van der Waals surface area contributed by atoms with E-state index >= 15 is 0 Å². The van der Waals surface area contributed by atoms with E-state index in [2.05, 4.69) is 4.98 Å². The second-order valence-electron chi connectivity index (χ2n) is 8.20. The summed E-state index contributed by atoms with van der Waals surface area (Å²) in [6.07, 6.45) is 2.74. The maximum atomic E-state index is 13.0. The number of aromatic amines is 1. The Balaban J connectivity index is 1.58. The van der Waals surface area contributed by atoms with Crippen LogP contribution in [0.4, 0.5) is 0 Å². The van der Waals surface area contributed by atoms with Crippen LogP contribution in [-0.4, -0.2) is 57.4 Å². The molecule has 1 aromatic carbocycles. The number of ketones is 1. The smallest absolute Gasteiger partial charge is 0.355 e. The summed E-state index contributed by atoms with van der Waals surface area (Å²) in [6, 6.07) is 3.74. The van der Waals surface area contributed by atoms with E-state index in [-0.39, 0.29) is 24.4 Å². The van der Waals surface area contributed by atoms with E-state index in [1.807, 2.05) is 12.1 Å². The fourth-order valence-electron chi connectivity index (χ4n) is 4.63. The van der Waals surface area contributed by atoms with Crippen LogP contribution < -0.4 is 14.2 Å². The van der Waals surface area contributed by atoms with Gasteiger partial charge in [0, 0.05) is 24.3 Å². The average Bonchev–Trinajstić information content (AvgIpc) is 3.44. The van der Waals surface area contributed by atoms with E-state index in [1.54, 1.807) is 28.3 Å². The van der Waals surface area contributed by atoms with Crippen molar-refractivity contribution in [3.8, 4) is 17.2 Å². The van der Waals surface area contributed by atoms with Gasteiger partial charge in [-0.15, -0.1) is 0 Å². The summed E-state index contributed by atoms with van der Waals surface area (Å²) >= 11 is 0. The quantitative estimate of drug-likeness (QED) is 0.653. The zero-order valence-electron chi connectivity index (χ0n) is 18.9. The second-order valence-corrected chi connectivity index (χ2v) is 8.20. The van der Waals surface area contributed by atoms with Crippen LogP contribution in [0.2, 0.25) is 0 Å². The molecular formula is C24H29NO7. The summed E-state index contributed by atoms with van der Waals surface area (Å²) in [5.41, 5.74) is 3.24. The Bertz CT molecular complexity index is 995. The maximum Gasteiger partial charge on any atom is 0.355 e. The van der Waals surface area contributed by atoms with Crippen molar-refractivity contribution in [3.05, 3.63) is 40.2 Å². The van der Waals surface area contributed by atoms with Crippen LogP contribution in [0.3, 0.4) is 0 Å². The van der Waals surface area contributed by atoms with Crippen LogP contribution >= 0.6 is 0 Å². The normalized spacial score (nSPS) is 20.1. The first-order valence-corrected chi connectivity index (χ1v) is 10.8. The first-order chi connectivity index (χ1) is 15.5. The van der Waals surface area contributed by atoms with Crippen LogP contribution in [0.15, 0.2) is 12.1 Å². The Labute approximate surface area is 187 Å². The van der Waals surface area contributed by atoms with E-state index in [0.717, 1.165) is 24.1 Å². The fraction of sp³-hybridized carbons (Fsp3) is 0.500. The molecule has 172 valence electrons. The minimum atomic E-state index is -0.454. The molecule has 2 aliphatic rings. The van der Waals surface area contributed by atoms with Crippen molar-refractivity contribution in [1.29, 1.82) is 0 Å². The van der Waals surface area contributed by atoms with Crippen LogP contribution in [0, 0.1) is 6.92 Å². The van der Waals surface area contributed by atoms with Crippen molar-refractivity contribution in [1.82, 2.24) is 4.98 Å². The van der Waals surface area contributed by atoms with Crippen LogP contribution in [0.1, 0.15) is 62.8 Å². The molecule has 0 bridgehead atoms. The summed E-state index contributed by atoms with van der Waals surface area (Å²) < 4.78 is 27.3. The Hall–Kier alpha value is -3.00. The molecule has 4 rings (SSSR count). The van der Waals surface area contributed by atoms with Gasteiger partial charge in [-0.25, -0.2) is 4.79 Å². The minimum absolute atomic E-state index is 0.00284. The lowest BCUT2D eigenvalue weighted by atomic mass is 9.81. The van der Waals surface area contributed by atoms with Crippen molar-refractivity contribution < 1.29 is 33.3 Å². The second kappa shape index (κ2) is 9.24. The largest absolute Gasteiger partial charge is 0.493 e. The monoisotopic (exact) mass is 443 g/mol. The van der Waals surface area contributed by atoms with Gasteiger partial charge < -0.3 is 28.7 Å². The number of nitrogens with one attached hydrogen (secondary N) is 1. The average molecular weight is 443 g/mol. The van der Waals surface area contributed by atoms with E-state index in [1.165, 1.54) is 0 Å². The Morgan fingerprint density at radius 2 is 1.84 bits per heavy atom. The molecule has 2 heterocycles. The number of carbonyl (C=O) groups is 2. The molecule has 0 amide bonds. The summed E-state index contributed by atoms with van der Waals surface area (Å²) in [7, 11) is 4.68. The number of benzene rings is 1. The molecule has 1 N–H and O–H groups in total. The van der Waals surface area contributed by atoms with E-state index < -0.39 is 5.97 Å². The van der Waals surface area contributed by atoms with Gasteiger partial charge in [-0.05, 0) is 55.4 Å². The topological polar surface area (TPSA) is 96.1 Å². The zero-order valence-corrected chi connectivity index (χ0v) is 18.9. The van der Waals surface area contributed by atoms with Gasteiger partial charge in [-0.3, -0.25) is 4.79 Å². The molecule has 8 heteroatoms. The van der Waals surface area contributed by atoms with Gasteiger partial charge in [0.25, 0.3) is 0 Å². The van der Waals surface area contributed by atoms with Crippen molar-refractivity contribution in [2.45, 2.75) is 44.6 Å². The highest BCUT2D eigenvalue weighted by Gasteiger charge is 2.33. The molecule has 0 saturated carbocycles. The molecule has 32 heavy (non-hydrogen) atoms. The SMILES string of the molecule is COc1cc([C@@H]2CC(=O)c3c([nH]c(C(=O)OC[C@@H]4CCCO4)c3C)C2)cc(OC)c1OC. The maximum absolute atomic E-state index is 13.0. The predicted octanol–water partition coefficient (Wildman–Crippen LogP) is 3.60. The van der Waals surface area contributed by atoms with Gasteiger partial charge in [0.15, 0.2) is 17.3 Å². The molecular weight excluding hydrogens is 414 g/mol. The number of esters is 1. The predicted molar refractivity (Wildman–Crippen MR) is 116 cm³/mol. The highest BCUT2D eigenvalue weighted by atomic mass is 16.6. The number of aromatic nitrogens is 1. The lowest BCUT2D eigenvalue weighted by Gasteiger charge is -2.24. The molecule has 1 aromatic heterocycles. The van der Waals surface area contributed by atoms with Gasteiger partial charge in [0.05, 0.1) is 27.4 Å².